The molecule has 28 heavy (non-hydrogen) atoms. The van der Waals surface area contributed by atoms with Crippen LogP contribution in [0.15, 0.2) is 6.07 Å². The van der Waals surface area contributed by atoms with Crippen molar-refractivity contribution in [2.24, 2.45) is 11.8 Å². The molecule has 7 heteroatoms. The summed E-state index contributed by atoms with van der Waals surface area (Å²) in [7, 11) is 1.88. The van der Waals surface area contributed by atoms with E-state index in [9.17, 15) is 9.59 Å². The molecule has 0 unspecified atom stereocenters. The van der Waals surface area contributed by atoms with Gasteiger partial charge in [-0.15, -0.1) is 0 Å². The molecule has 0 aromatic carbocycles. The molecule has 4 rings (SSSR count). The SMILES string of the molecule is Cc1cc(CN(C)C(=O)[C@H]2CCCN(C3CCN(C(=O)C4CC4)CC3)C2)n[nH]1. The summed E-state index contributed by atoms with van der Waals surface area (Å²) in [6.45, 7) is 6.22. The molecule has 0 bridgehead atoms. The lowest BCUT2D eigenvalue weighted by Crippen LogP contribution is -2.51. The van der Waals surface area contributed by atoms with Gasteiger partial charge in [0.25, 0.3) is 0 Å². The molecule has 1 saturated carbocycles. The summed E-state index contributed by atoms with van der Waals surface area (Å²) in [5.74, 6) is 0.999. The van der Waals surface area contributed by atoms with E-state index < -0.39 is 0 Å². The van der Waals surface area contributed by atoms with Crippen LogP contribution in [0.1, 0.15) is 49.9 Å². The Bertz CT molecular complexity index is 705. The van der Waals surface area contributed by atoms with Gasteiger partial charge in [0.2, 0.25) is 11.8 Å². The molecule has 0 radical (unpaired) electrons. The highest BCUT2D eigenvalue weighted by atomic mass is 16.2. The molecule has 0 spiro atoms. The summed E-state index contributed by atoms with van der Waals surface area (Å²) < 4.78 is 0. The van der Waals surface area contributed by atoms with Gasteiger partial charge in [-0.3, -0.25) is 19.6 Å². The fraction of sp³-hybridized carbons (Fsp3) is 0.762. The summed E-state index contributed by atoms with van der Waals surface area (Å²) in [4.78, 5) is 31.6. The van der Waals surface area contributed by atoms with Crippen LogP contribution in [0, 0.1) is 18.8 Å². The Kier molecular flexibility index (Phi) is 5.71. The van der Waals surface area contributed by atoms with Crippen molar-refractivity contribution in [2.75, 3.05) is 33.2 Å². The van der Waals surface area contributed by atoms with E-state index in [-0.39, 0.29) is 11.8 Å². The van der Waals surface area contributed by atoms with Gasteiger partial charge in [0, 0.05) is 44.3 Å². The third-order valence-corrected chi connectivity index (χ3v) is 6.56. The molecule has 1 N–H and O–H groups in total. The molecule has 1 aliphatic carbocycles. The van der Waals surface area contributed by atoms with Gasteiger partial charge < -0.3 is 9.80 Å². The van der Waals surface area contributed by atoms with Crippen LogP contribution in [-0.4, -0.2) is 76.0 Å². The number of aromatic nitrogens is 2. The standard InChI is InChI=1S/C21H33N5O2/c1-15-12-18(23-22-15)14-24(2)20(27)17-4-3-9-26(13-17)19-7-10-25(11-8-19)21(28)16-5-6-16/h12,16-17,19H,3-11,13-14H2,1-2H3,(H,22,23)/t17-/m0/s1. The van der Waals surface area contributed by atoms with Crippen molar-refractivity contribution in [3.63, 3.8) is 0 Å². The van der Waals surface area contributed by atoms with E-state index in [1.165, 1.54) is 0 Å². The minimum atomic E-state index is 0.0740. The number of nitrogens with one attached hydrogen (secondary N) is 1. The number of piperidine rings is 2. The van der Waals surface area contributed by atoms with E-state index in [1.54, 1.807) is 0 Å². The Morgan fingerprint density at radius 1 is 1.14 bits per heavy atom. The predicted molar refractivity (Wildman–Crippen MR) is 106 cm³/mol. The topological polar surface area (TPSA) is 72.5 Å². The summed E-state index contributed by atoms with van der Waals surface area (Å²) >= 11 is 0. The third-order valence-electron chi connectivity index (χ3n) is 6.56. The zero-order valence-electron chi connectivity index (χ0n) is 17.2. The summed E-state index contributed by atoms with van der Waals surface area (Å²) in [5, 5.41) is 7.19. The van der Waals surface area contributed by atoms with Crippen molar-refractivity contribution in [1.82, 2.24) is 24.9 Å². The van der Waals surface area contributed by atoms with Gasteiger partial charge in [-0.25, -0.2) is 0 Å². The maximum absolute atomic E-state index is 13.0. The number of amides is 2. The van der Waals surface area contributed by atoms with Crippen LogP contribution in [0.2, 0.25) is 0 Å². The summed E-state index contributed by atoms with van der Waals surface area (Å²) in [6.07, 6.45) is 6.30. The van der Waals surface area contributed by atoms with Gasteiger partial charge in [0.1, 0.15) is 0 Å². The quantitative estimate of drug-likeness (QED) is 0.836. The molecule has 2 aliphatic heterocycles. The number of aromatic amines is 1. The van der Waals surface area contributed by atoms with Gasteiger partial charge in [0.15, 0.2) is 0 Å². The molecule has 2 saturated heterocycles. The minimum Gasteiger partial charge on any atom is -0.342 e. The maximum Gasteiger partial charge on any atom is 0.227 e. The smallest absolute Gasteiger partial charge is 0.227 e. The molecule has 3 heterocycles. The average Bonchev–Trinajstić information content (AvgIpc) is 3.49. The molecule has 3 aliphatic rings. The highest BCUT2D eigenvalue weighted by Gasteiger charge is 2.37. The predicted octanol–water partition coefficient (Wildman–Crippen LogP) is 1.79. The first-order valence-electron chi connectivity index (χ1n) is 10.8. The highest BCUT2D eigenvalue weighted by molar-refractivity contribution is 5.81. The van der Waals surface area contributed by atoms with Crippen LogP contribution in [0.25, 0.3) is 0 Å². The zero-order chi connectivity index (χ0) is 19.7. The van der Waals surface area contributed by atoms with Crippen LogP contribution >= 0.6 is 0 Å². The van der Waals surface area contributed by atoms with Gasteiger partial charge >= 0.3 is 0 Å². The van der Waals surface area contributed by atoms with E-state index >= 15 is 0 Å². The second-order valence-electron chi connectivity index (χ2n) is 8.90. The molecule has 154 valence electrons. The van der Waals surface area contributed by atoms with E-state index in [2.05, 4.69) is 20.0 Å². The van der Waals surface area contributed by atoms with Crippen molar-refractivity contribution < 1.29 is 9.59 Å². The lowest BCUT2D eigenvalue weighted by atomic mass is 9.92. The van der Waals surface area contributed by atoms with Crippen molar-refractivity contribution in [1.29, 1.82) is 0 Å². The molecule has 3 fully saturated rings. The first-order chi connectivity index (χ1) is 13.5. The van der Waals surface area contributed by atoms with Gasteiger partial charge in [-0.1, -0.05) is 0 Å². The number of likely N-dealkylation sites (tertiary alicyclic amines) is 2. The maximum atomic E-state index is 13.0. The Morgan fingerprint density at radius 3 is 2.54 bits per heavy atom. The Morgan fingerprint density at radius 2 is 1.89 bits per heavy atom. The monoisotopic (exact) mass is 387 g/mol. The van der Waals surface area contributed by atoms with Crippen LogP contribution in [-0.2, 0) is 16.1 Å². The fourth-order valence-corrected chi connectivity index (χ4v) is 4.77. The lowest BCUT2D eigenvalue weighted by molar-refractivity contribution is -0.137. The molecule has 1 aromatic heterocycles. The second-order valence-corrected chi connectivity index (χ2v) is 8.90. The van der Waals surface area contributed by atoms with Crippen molar-refractivity contribution >= 4 is 11.8 Å². The van der Waals surface area contributed by atoms with Crippen molar-refractivity contribution in [3.05, 3.63) is 17.5 Å². The zero-order valence-corrected chi connectivity index (χ0v) is 17.2. The lowest BCUT2D eigenvalue weighted by Gasteiger charge is -2.42. The van der Waals surface area contributed by atoms with Crippen LogP contribution in [0.5, 0.6) is 0 Å². The number of hydrogen-bond acceptors (Lipinski definition) is 4. The van der Waals surface area contributed by atoms with E-state index in [0.29, 0.717) is 24.4 Å². The molecule has 1 atom stereocenters. The first kappa shape index (κ1) is 19.4. The average molecular weight is 388 g/mol. The van der Waals surface area contributed by atoms with Crippen molar-refractivity contribution in [3.8, 4) is 0 Å². The highest BCUT2D eigenvalue weighted by Crippen LogP contribution is 2.32. The van der Waals surface area contributed by atoms with Gasteiger partial charge in [-0.05, 0) is 58.1 Å². The van der Waals surface area contributed by atoms with Crippen LogP contribution < -0.4 is 0 Å². The van der Waals surface area contributed by atoms with Gasteiger partial charge in [0.05, 0.1) is 18.2 Å². The number of carbonyl (C=O) groups excluding carboxylic acids is 2. The molecule has 1 aromatic rings. The molecular weight excluding hydrogens is 354 g/mol. The number of H-pyrrole nitrogens is 1. The Balaban J connectivity index is 1.27. The summed E-state index contributed by atoms with van der Waals surface area (Å²) in [5.41, 5.74) is 1.93. The number of carbonyl (C=O) groups is 2. The fourth-order valence-electron chi connectivity index (χ4n) is 4.77. The Hall–Kier alpha value is -1.89. The van der Waals surface area contributed by atoms with Crippen LogP contribution in [0.3, 0.4) is 0 Å². The molecular formula is C21H33N5O2. The molecule has 2 amide bonds. The van der Waals surface area contributed by atoms with Gasteiger partial charge in [-0.2, -0.15) is 5.10 Å². The first-order valence-corrected chi connectivity index (χ1v) is 10.8. The van der Waals surface area contributed by atoms with E-state index in [1.807, 2.05) is 24.9 Å². The van der Waals surface area contributed by atoms with E-state index in [0.717, 1.165) is 76.1 Å². The number of nitrogens with zero attached hydrogens (tertiary/aromatic N) is 4. The second kappa shape index (κ2) is 8.23. The third kappa shape index (κ3) is 4.40. The number of rotatable bonds is 5. The normalized spacial score (nSPS) is 24.4. The number of hydrogen-bond donors (Lipinski definition) is 1. The van der Waals surface area contributed by atoms with Crippen molar-refractivity contribution in [2.45, 2.75) is 58.0 Å². The van der Waals surface area contributed by atoms with Crippen LogP contribution in [0.4, 0.5) is 0 Å². The summed E-state index contributed by atoms with van der Waals surface area (Å²) in [6, 6.07) is 2.51. The number of aryl methyl sites for hydroxylation is 1. The minimum absolute atomic E-state index is 0.0740. The Labute approximate surface area is 167 Å². The van der Waals surface area contributed by atoms with E-state index in [4.69, 9.17) is 0 Å². The molecule has 7 nitrogen and oxygen atoms in total. The largest absolute Gasteiger partial charge is 0.342 e.